The van der Waals surface area contributed by atoms with Gasteiger partial charge in [-0.2, -0.15) is 13.2 Å². The Kier molecular flexibility index (Phi) is 4.33. The predicted molar refractivity (Wildman–Crippen MR) is 103 cm³/mol. The van der Waals surface area contributed by atoms with E-state index in [9.17, 15) is 22.8 Å². The molecule has 160 valence electrons. The molecule has 1 saturated heterocycles. The molecule has 2 N–H and O–H groups in total. The van der Waals surface area contributed by atoms with Crippen molar-refractivity contribution in [3.8, 4) is 0 Å². The summed E-state index contributed by atoms with van der Waals surface area (Å²) >= 11 is 0. The molecular weight excluding hydrogens is 411 g/mol. The summed E-state index contributed by atoms with van der Waals surface area (Å²) in [7, 11) is 0. The number of carbonyl (C=O) groups excluding carboxylic acids is 2. The monoisotopic (exact) mass is 429 g/mol. The predicted octanol–water partition coefficient (Wildman–Crippen LogP) is 3.16. The highest BCUT2D eigenvalue weighted by atomic mass is 19.4. The number of ether oxygens (including phenoxy) is 1. The number of esters is 1. The van der Waals surface area contributed by atoms with Crippen molar-refractivity contribution in [1.29, 1.82) is 0 Å². The molecule has 1 amide bonds. The third kappa shape index (κ3) is 2.99. The lowest BCUT2D eigenvalue weighted by molar-refractivity contribution is -0.161. The molecule has 0 aromatic heterocycles. The number of halogens is 3. The fourth-order valence-corrected chi connectivity index (χ4v) is 4.58. The Morgan fingerprint density at radius 2 is 1.68 bits per heavy atom. The van der Waals surface area contributed by atoms with Gasteiger partial charge < -0.3 is 10.1 Å². The number of hydrogen-bond donors (Lipinski definition) is 2. The van der Waals surface area contributed by atoms with Gasteiger partial charge in [0.1, 0.15) is 12.2 Å². The molecule has 31 heavy (non-hydrogen) atoms. The number of benzene rings is 2. The maximum atomic E-state index is 13.9. The highest BCUT2D eigenvalue weighted by Gasteiger charge is 2.58. The van der Waals surface area contributed by atoms with Crippen molar-refractivity contribution < 1.29 is 27.5 Å². The highest BCUT2D eigenvalue weighted by Crippen LogP contribution is 2.44. The number of allylic oxidation sites excluding steroid dienone is 1. The smallest absolute Gasteiger partial charge is 0.406 e. The lowest BCUT2D eigenvalue weighted by atomic mass is 9.88. The number of cyclic esters (lactones) is 1. The second-order valence-electron chi connectivity index (χ2n) is 7.76. The van der Waals surface area contributed by atoms with Crippen LogP contribution in [0.5, 0.6) is 0 Å². The van der Waals surface area contributed by atoms with E-state index < -0.39 is 42.3 Å². The van der Waals surface area contributed by atoms with Gasteiger partial charge in [0.2, 0.25) is 0 Å². The van der Waals surface area contributed by atoms with Crippen LogP contribution in [-0.2, 0) is 9.53 Å². The van der Waals surface area contributed by atoms with Crippen LogP contribution in [0.1, 0.15) is 40.4 Å². The average molecular weight is 429 g/mol. The molecule has 1 fully saturated rings. The fraction of sp³-hybridized carbons (Fsp3) is 0.273. The first-order chi connectivity index (χ1) is 14.8. The first kappa shape index (κ1) is 19.6. The molecule has 0 aliphatic carbocycles. The van der Waals surface area contributed by atoms with Gasteiger partial charge in [-0.05, 0) is 18.6 Å². The Bertz CT molecular complexity index is 1100. The molecule has 3 aliphatic rings. The largest absolute Gasteiger partial charge is 0.449 e. The molecule has 5 rings (SSSR count). The lowest BCUT2D eigenvalue weighted by Gasteiger charge is -2.36. The molecule has 0 radical (unpaired) electrons. The molecule has 0 saturated carbocycles. The highest BCUT2D eigenvalue weighted by molar-refractivity contribution is 6.01. The first-order valence-corrected chi connectivity index (χ1v) is 9.76. The molecule has 4 unspecified atom stereocenters. The number of hydrogen-bond acceptors (Lipinski definition) is 5. The van der Waals surface area contributed by atoms with Gasteiger partial charge >= 0.3 is 12.1 Å². The van der Waals surface area contributed by atoms with Crippen LogP contribution in [0.2, 0.25) is 0 Å². The lowest BCUT2D eigenvalue weighted by Crippen LogP contribution is -2.55. The molecule has 0 bridgehead atoms. The number of fused-ring (bicyclic) bond motifs is 2. The zero-order valence-electron chi connectivity index (χ0n) is 16.3. The van der Waals surface area contributed by atoms with Gasteiger partial charge in [-0.15, -0.1) is 0 Å². The molecule has 3 aliphatic heterocycles. The van der Waals surface area contributed by atoms with Crippen molar-refractivity contribution in [3.05, 3.63) is 82.6 Å². The third-order valence-electron chi connectivity index (χ3n) is 5.96. The number of alkyl halides is 3. The summed E-state index contributed by atoms with van der Waals surface area (Å²) < 4.78 is 47.1. The van der Waals surface area contributed by atoms with Crippen molar-refractivity contribution in [2.45, 2.75) is 37.3 Å². The minimum atomic E-state index is -4.58. The van der Waals surface area contributed by atoms with Crippen LogP contribution in [0.25, 0.3) is 0 Å². The Morgan fingerprint density at radius 1 is 1.00 bits per heavy atom. The van der Waals surface area contributed by atoms with Gasteiger partial charge in [0.15, 0.2) is 6.10 Å². The van der Waals surface area contributed by atoms with Gasteiger partial charge in [0, 0.05) is 11.3 Å². The van der Waals surface area contributed by atoms with Gasteiger partial charge in [-0.25, -0.2) is 10.2 Å². The standard InChI is InChI=1S/C22H18F3N3O3/c1-11-15(17-13-9-5-6-10-14(13)21(30)31-17)20(29)28-19(26-11)16(12-7-3-2-4-8-12)18(27-28)22(23,24)25/h2-10,16-19,26-27H,1H3. The van der Waals surface area contributed by atoms with E-state index in [0.29, 0.717) is 22.4 Å². The Balaban J connectivity index is 1.56. The maximum absolute atomic E-state index is 13.9. The molecule has 6 nitrogen and oxygen atoms in total. The molecule has 9 heteroatoms. The average Bonchev–Trinajstić information content (AvgIpc) is 3.28. The number of hydrazine groups is 1. The van der Waals surface area contributed by atoms with Crippen LogP contribution in [0.4, 0.5) is 13.2 Å². The number of rotatable bonds is 2. The van der Waals surface area contributed by atoms with E-state index in [1.165, 1.54) is 0 Å². The van der Waals surface area contributed by atoms with Gasteiger partial charge in [0.05, 0.1) is 17.1 Å². The van der Waals surface area contributed by atoms with Gasteiger partial charge in [0.25, 0.3) is 5.91 Å². The van der Waals surface area contributed by atoms with Crippen LogP contribution < -0.4 is 10.7 Å². The second kappa shape index (κ2) is 6.84. The number of carbonyl (C=O) groups is 2. The molecule has 2 aromatic rings. The van der Waals surface area contributed by atoms with E-state index in [1.807, 2.05) is 0 Å². The maximum Gasteiger partial charge on any atom is 0.406 e. The van der Waals surface area contributed by atoms with Gasteiger partial charge in [-0.3, -0.25) is 9.80 Å². The summed E-state index contributed by atoms with van der Waals surface area (Å²) in [6, 6.07) is 13.0. The van der Waals surface area contributed by atoms with E-state index in [2.05, 4.69) is 10.7 Å². The van der Waals surface area contributed by atoms with E-state index in [4.69, 9.17) is 4.74 Å². The van der Waals surface area contributed by atoms with Crippen molar-refractivity contribution in [3.63, 3.8) is 0 Å². The molecule has 3 heterocycles. The second-order valence-corrected chi connectivity index (χ2v) is 7.76. The van der Waals surface area contributed by atoms with Crippen LogP contribution in [0.3, 0.4) is 0 Å². The van der Waals surface area contributed by atoms with Crippen LogP contribution in [0, 0.1) is 0 Å². The van der Waals surface area contributed by atoms with Gasteiger partial charge in [-0.1, -0.05) is 48.5 Å². The van der Waals surface area contributed by atoms with E-state index >= 15 is 0 Å². The van der Waals surface area contributed by atoms with E-state index in [0.717, 1.165) is 5.01 Å². The zero-order chi connectivity index (χ0) is 21.9. The first-order valence-electron chi connectivity index (χ1n) is 9.76. The summed E-state index contributed by atoms with van der Waals surface area (Å²) in [6.07, 6.45) is -6.51. The van der Waals surface area contributed by atoms with Crippen molar-refractivity contribution in [2.24, 2.45) is 0 Å². The minimum Gasteiger partial charge on any atom is -0.449 e. The minimum absolute atomic E-state index is 0.108. The Labute approximate surface area is 175 Å². The van der Waals surface area contributed by atoms with Crippen molar-refractivity contribution in [2.75, 3.05) is 0 Å². The van der Waals surface area contributed by atoms with Crippen molar-refractivity contribution in [1.82, 2.24) is 15.8 Å². The van der Waals surface area contributed by atoms with Crippen LogP contribution >= 0.6 is 0 Å². The molecule has 0 spiro atoms. The molecule has 4 atom stereocenters. The number of amides is 1. The topological polar surface area (TPSA) is 70.7 Å². The normalized spacial score (nSPS) is 27.7. The van der Waals surface area contributed by atoms with Crippen LogP contribution in [-0.4, -0.2) is 35.3 Å². The van der Waals surface area contributed by atoms with Crippen LogP contribution in [0.15, 0.2) is 65.9 Å². The molecule has 2 aromatic carbocycles. The van der Waals surface area contributed by atoms with E-state index in [-0.39, 0.29) is 5.57 Å². The SMILES string of the molecule is CC1=C(C2OC(=O)c3ccccc32)C(=O)N2NC(C(F)(F)F)C(c3ccccc3)C2N1. The summed E-state index contributed by atoms with van der Waals surface area (Å²) in [5, 5.41) is 4.04. The van der Waals surface area contributed by atoms with E-state index in [1.54, 1.807) is 61.5 Å². The third-order valence-corrected chi connectivity index (χ3v) is 5.96. The summed E-state index contributed by atoms with van der Waals surface area (Å²) in [5.74, 6) is -2.27. The Morgan fingerprint density at radius 3 is 2.39 bits per heavy atom. The summed E-state index contributed by atoms with van der Waals surface area (Å²) in [5.41, 5.74) is 4.16. The Hall–Kier alpha value is -3.33. The number of nitrogens with one attached hydrogen (secondary N) is 2. The summed E-state index contributed by atoms with van der Waals surface area (Å²) in [6.45, 7) is 1.61. The number of nitrogens with zero attached hydrogens (tertiary/aromatic N) is 1. The quantitative estimate of drug-likeness (QED) is 0.718. The summed E-state index contributed by atoms with van der Waals surface area (Å²) in [4.78, 5) is 25.6. The molecular formula is C22H18F3N3O3. The van der Waals surface area contributed by atoms with Crippen molar-refractivity contribution >= 4 is 11.9 Å². The zero-order valence-corrected chi connectivity index (χ0v) is 16.3. The fourth-order valence-electron chi connectivity index (χ4n) is 4.58.